The van der Waals surface area contributed by atoms with Crippen molar-refractivity contribution < 1.29 is 11.4 Å². The first-order chi connectivity index (χ1) is 11.5. The predicted molar refractivity (Wildman–Crippen MR) is 81.9 cm³/mol. The summed E-state index contributed by atoms with van der Waals surface area (Å²) in [5.41, 5.74) is 5.16. The number of fused-ring (bicyclic) bond motifs is 5. The molecule has 2 atom stereocenters. The van der Waals surface area contributed by atoms with E-state index in [9.17, 15) is 0 Å². The molecule has 0 N–H and O–H groups in total. The number of hydrogen-bond donors (Lipinski definition) is 0. The molecule has 2 bridgehead atoms. The maximum absolute atomic E-state index is 8.77. The fourth-order valence-electron chi connectivity index (χ4n) is 3.64. The molecule has 1 aromatic carbocycles. The Hall–Kier alpha value is -1.63. The second kappa shape index (κ2) is 4.18. The number of pyridine rings is 1. The van der Waals surface area contributed by atoms with Gasteiger partial charge >= 0.3 is 0 Å². The van der Waals surface area contributed by atoms with Crippen molar-refractivity contribution in [3.05, 3.63) is 52.7 Å². The largest absolute Gasteiger partial charge is 0.212 e. The van der Waals surface area contributed by atoms with E-state index in [1.807, 2.05) is 30.8 Å². The average molecular weight is 269 g/mol. The lowest BCUT2D eigenvalue weighted by Gasteiger charge is -2.15. The highest BCUT2D eigenvalue weighted by atomic mass is 14.9. The van der Waals surface area contributed by atoms with Crippen LogP contribution in [0, 0.1) is 13.8 Å². The summed E-state index contributed by atoms with van der Waals surface area (Å²) in [5, 5.41) is 0. The van der Waals surface area contributed by atoms with Gasteiger partial charge in [-0.1, -0.05) is 17.7 Å². The molecule has 1 heterocycles. The van der Waals surface area contributed by atoms with E-state index in [4.69, 9.17) is 6.85 Å². The molecule has 102 valence electrons. The van der Waals surface area contributed by atoms with Gasteiger partial charge in [-0.15, -0.1) is 0 Å². The summed E-state index contributed by atoms with van der Waals surface area (Å²) < 4.78 is 42.2. The Labute approximate surface area is 128 Å². The molecular weight excluding hydrogens is 242 g/mol. The fourth-order valence-corrected chi connectivity index (χ4v) is 3.64. The molecule has 0 aliphatic heterocycles. The molecule has 2 unspecified atom stereocenters. The number of rotatable bonds is 1. The third kappa shape index (κ3) is 1.65. The van der Waals surface area contributed by atoms with E-state index in [0.29, 0.717) is 12.0 Å². The van der Waals surface area contributed by atoms with Gasteiger partial charge in [0.05, 0.1) is 0 Å². The number of hydrogen-bond acceptors (Lipinski definition) is 0. The lowest BCUT2D eigenvalue weighted by Crippen LogP contribution is -2.32. The van der Waals surface area contributed by atoms with Crippen molar-refractivity contribution in [2.45, 2.75) is 44.8 Å². The molecule has 0 spiro atoms. The van der Waals surface area contributed by atoms with Gasteiger partial charge in [0.1, 0.15) is 7.05 Å². The Morgan fingerprint density at radius 2 is 2.00 bits per heavy atom. The summed E-state index contributed by atoms with van der Waals surface area (Å²) in [4.78, 5) is 0. The van der Waals surface area contributed by atoms with E-state index >= 15 is 0 Å². The summed E-state index contributed by atoms with van der Waals surface area (Å²) in [5.74, 6) is -1.26. The maximum atomic E-state index is 8.77. The molecule has 4 rings (SSSR count). The zero-order valence-corrected chi connectivity index (χ0v) is 12.0. The smallest absolute Gasteiger partial charge is 0.201 e. The van der Waals surface area contributed by atoms with Crippen LogP contribution in [0.1, 0.15) is 60.2 Å². The lowest BCUT2D eigenvalue weighted by molar-refractivity contribution is -0.660. The standard InChI is InChI=1S/C19H22N/c1-12-4-7-16(13(2)8-12)19-10-17-14-5-6-15(9-14)18(17)11-20(19)3/h4,7-8,10-11,14-15H,5-6,9H2,1-3H3/q+1/i1D3,14D,15D. The molecule has 0 amide bonds. The topological polar surface area (TPSA) is 3.88 Å². The molecule has 0 radical (unpaired) electrons. The summed E-state index contributed by atoms with van der Waals surface area (Å²) in [7, 11) is 1.96. The highest BCUT2D eigenvalue weighted by Crippen LogP contribution is 2.53. The van der Waals surface area contributed by atoms with Crippen molar-refractivity contribution >= 4 is 0 Å². The Morgan fingerprint density at radius 3 is 2.75 bits per heavy atom. The van der Waals surface area contributed by atoms with Crippen LogP contribution in [0.25, 0.3) is 11.3 Å². The average Bonchev–Trinajstić information content (AvgIpc) is 2.93. The van der Waals surface area contributed by atoms with Crippen molar-refractivity contribution in [3.8, 4) is 11.3 Å². The maximum Gasteiger partial charge on any atom is 0.212 e. The quantitative estimate of drug-likeness (QED) is 0.684. The van der Waals surface area contributed by atoms with Gasteiger partial charge in [-0.05, 0) is 62.0 Å². The van der Waals surface area contributed by atoms with E-state index in [1.54, 1.807) is 12.1 Å². The van der Waals surface area contributed by atoms with Crippen LogP contribution in [0.3, 0.4) is 0 Å². The molecule has 1 heteroatoms. The van der Waals surface area contributed by atoms with Gasteiger partial charge in [-0.3, -0.25) is 0 Å². The summed E-state index contributed by atoms with van der Waals surface area (Å²) in [6.45, 7) is -0.183. The van der Waals surface area contributed by atoms with Crippen molar-refractivity contribution in [2.75, 3.05) is 0 Å². The number of nitrogens with zero attached hydrogens (tertiary/aromatic N) is 1. The number of benzene rings is 1. The van der Waals surface area contributed by atoms with E-state index in [2.05, 4.69) is 6.07 Å². The highest BCUT2D eigenvalue weighted by Gasteiger charge is 2.39. The van der Waals surface area contributed by atoms with Gasteiger partial charge < -0.3 is 0 Å². The first-order valence-electron chi connectivity index (χ1n) is 9.70. The Kier molecular flexibility index (Phi) is 1.67. The van der Waals surface area contributed by atoms with Crippen LogP contribution in [-0.4, -0.2) is 0 Å². The van der Waals surface area contributed by atoms with Gasteiger partial charge in [0, 0.05) is 24.0 Å². The van der Waals surface area contributed by atoms with Crippen LogP contribution >= 0.6 is 0 Å². The van der Waals surface area contributed by atoms with Crippen LogP contribution in [0.15, 0.2) is 30.5 Å². The molecular formula is C19H22N+. The summed E-state index contributed by atoms with van der Waals surface area (Å²) in [6, 6.07) is 7.30. The van der Waals surface area contributed by atoms with Gasteiger partial charge in [0.25, 0.3) is 0 Å². The van der Waals surface area contributed by atoms with E-state index < -0.39 is 18.6 Å². The molecule has 0 saturated heterocycles. The third-order valence-corrected chi connectivity index (χ3v) is 4.69. The zero-order valence-electron chi connectivity index (χ0n) is 17.0. The summed E-state index contributed by atoms with van der Waals surface area (Å²) >= 11 is 0. The van der Waals surface area contributed by atoms with Crippen LogP contribution in [-0.2, 0) is 7.05 Å². The normalized spacial score (nSPS) is 34.8. The minimum absolute atomic E-state index is 0.346. The lowest BCUT2D eigenvalue weighted by atomic mass is 9.91. The first kappa shape index (κ1) is 7.97. The first-order valence-corrected chi connectivity index (χ1v) is 7.20. The Balaban J connectivity index is 1.86. The molecule has 1 fully saturated rings. The third-order valence-electron chi connectivity index (χ3n) is 4.69. The van der Waals surface area contributed by atoms with Crippen molar-refractivity contribution in [1.29, 1.82) is 0 Å². The van der Waals surface area contributed by atoms with E-state index in [-0.39, 0.29) is 0 Å². The predicted octanol–water partition coefficient (Wildman–Crippen LogP) is 4.16. The van der Waals surface area contributed by atoms with Crippen molar-refractivity contribution in [2.24, 2.45) is 7.05 Å². The number of aromatic nitrogens is 1. The van der Waals surface area contributed by atoms with Gasteiger partial charge in [-0.25, -0.2) is 4.57 Å². The van der Waals surface area contributed by atoms with Gasteiger partial charge in [0.2, 0.25) is 5.69 Å². The fraction of sp³-hybridized carbons (Fsp3) is 0.421. The van der Waals surface area contributed by atoms with Crippen LogP contribution in [0.2, 0.25) is 0 Å². The molecule has 1 nitrogen and oxygen atoms in total. The molecule has 2 aliphatic carbocycles. The van der Waals surface area contributed by atoms with E-state index in [0.717, 1.165) is 40.8 Å². The van der Waals surface area contributed by atoms with Crippen molar-refractivity contribution in [1.82, 2.24) is 0 Å². The zero-order chi connectivity index (χ0) is 18.2. The van der Waals surface area contributed by atoms with Crippen LogP contribution in [0.5, 0.6) is 0 Å². The Bertz CT molecular complexity index is 888. The molecule has 1 saturated carbocycles. The van der Waals surface area contributed by atoms with E-state index in [1.165, 1.54) is 0 Å². The second-order valence-electron chi connectivity index (χ2n) is 6.01. The van der Waals surface area contributed by atoms with Crippen LogP contribution in [0.4, 0.5) is 0 Å². The Morgan fingerprint density at radius 1 is 1.20 bits per heavy atom. The van der Waals surface area contributed by atoms with Gasteiger partial charge in [-0.2, -0.15) is 0 Å². The van der Waals surface area contributed by atoms with Crippen LogP contribution < -0.4 is 4.57 Å². The molecule has 1 aromatic heterocycles. The minimum atomic E-state index is -2.11. The van der Waals surface area contributed by atoms with Gasteiger partial charge in [0.15, 0.2) is 6.20 Å². The monoisotopic (exact) mass is 269 g/mol. The molecule has 20 heavy (non-hydrogen) atoms. The summed E-state index contributed by atoms with van der Waals surface area (Å²) in [6.07, 6.45) is 4.09. The highest BCUT2D eigenvalue weighted by molar-refractivity contribution is 5.63. The minimum Gasteiger partial charge on any atom is -0.201 e. The molecule has 2 aromatic rings. The second-order valence-corrected chi connectivity index (χ2v) is 6.01. The van der Waals surface area contributed by atoms with Crippen molar-refractivity contribution in [3.63, 3.8) is 0 Å². The SMILES string of the molecule is [2H]C([2H])([2H])c1ccc(-c2cc3c(c[n+]2C)C2([2H])CCC3([2H])C2)c(C)c1. The molecule has 2 aliphatic rings. The number of aryl methyl sites for hydroxylation is 3.